The third-order valence-electron chi connectivity index (χ3n) is 13.0. The summed E-state index contributed by atoms with van der Waals surface area (Å²) in [5.41, 5.74) is 5.99. The minimum atomic E-state index is -0.559. The molecular weight excluding hydrogens is 851 g/mol. The van der Waals surface area contributed by atoms with Crippen molar-refractivity contribution in [2.24, 2.45) is 0 Å². The van der Waals surface area contributed by atoms with Gasteiger partial charge in [-0.05, 0) is 129 Å². The highest BCUT2D eigenvalue weighted by Crippen LogP contribution is 2.41. The standard InChI is InChI=1S/C60H72F2N2O4/c1-5-7-9-11-13-15-17-19-21-23-39-65-47-30-26-45(27-31-47)57-58(46-28-32-48(33-29-46)66-40-24-22-20-18-16-14-12-10-8-6-2)64-60-50(35-34-49(59(60)63-57)54-36-25-44(4)67-54)55-37-38-56(68-55)51-42-52(61)43(3)41-53(51)62/h25-38,41-42H,5-24,39-40H2,1-4H3. The van der Waals surface area contributed by atoms with Gasteiger partial charge >= 0.3 is 0 Å². The fourth-order valence-electron chi connectivity index (χ4n) is 8.95. The van der Waals surface area contributed by atoms with Crippen LogP contribution >= 0.6 is 0 Å². The average molecular weight is 923 g/mol. The number of aryl methyl sites for hydroxylation is 2. The molecule has 0 spiro atoms. The van der Waals surface area contributed by atoms with Crippen LogP contribution in [0.2, 0.25) is 0 Å². The molecular formula is C60H72F2N2O4. The zero-order valence-corrected chi connectivity index (χ0v) is 41.1. The van der Waals surface area contributed by atoms with Gasteiger partial charge in [0.05, 0.1) is 30.2 Å². The van der Waals surface area contributed by atoms with Crippen LogP contribution in [-0.4, -0.2) is 23.2 Å². The van der Waals surface area contributed by atoms with E-state index < -0.39 is 11.6 Å². The van der Waals surface area contributed by atoms with Gasteiger partial charge in [0, 0.05) is 22.3 Å². The average Bonchev–Trinajstić information content (AvgIpc) is 4.03. The molecule has 0 aliphatic rings. The SMILES string of the molecule is CCCCCCCCCCCCOc1ccc(-c2nc3c(-c4ccc(C)o4)ccc(-c4ccc(-c5cc(F)c(C)cc5F)o4)c3nc2-c2ccc(OCCCCCCCCCCCC)cc2)cc1. The van der Waals surface area contributed by atoms with Gasteiger partial charge in [0.15, 0.2) is 0 Å². The van der Waals surface area contributed by atoms with Crippen molar-refractivity contribution in [2.45, 2.75) is 156 Å². The first kappa shape index (κ1) is 50.1. The summed E-state index contributed by atoms with van der Waals surface area (Å²) in [7, 11) is 0. The van der Waals surface area contributed by atoms with Gasteiger partial charge in [0.1, 0.15) is 57.2 Å². The van der Waals surface area contributed by atoms with E-state index in [2.05, 4.69) is 13.8 Å². The van der Waals surface area contributed by atoms with E-state index in [1.54, 1.807) is 12.1 Å². The van der Waals surface area contributed by atoms with Crippen LogP contribution in [0.4, 0.5) is 8.78 Å². The lowest BCUT2D eigenvalue weighted by Crippen LogP contribution is -2.00. The summed E-state index contributed by atoms with van der Waals surface area (Å²) in [6, 6.07) is 29.7. The normalized spacial score (nSPS) is 11.5. The Hall–Kier alpha value is -5.76. The predicted octanol–water partition coefficient (Wildman–Crippen LogP) is 18.6. The van der Waals surface area contributed by atoms with Crippen LogP contribution < -0.4 is 9.47 Å². The Labute approximate surface area is 403 Å². The van der Waals surface area contributed by atoms with Crippen LogP contribution in [-0.2, 0) is 0 Å². The molecule has 3 aromatic heterocycles. The zero-order chi connectivity index (χ0) is 47.5. The van der Waals surface area contributed by atoms with E-state index in [9.17, 15) is 4.39 Å². The van der Waals surface area contributed by atoms with E-state index in [0.29, 0.717) is 52.7 Å². The molecule has 360 valence electrons. The number of unbranched alkanes of at least 4 members (excludes halogenated alkanes) is 18. The maximum atomic E-state index is 15.2. The molecule has 0 atom stereocenters. The molecule has 7 rings (SSSR count). The molecule has 0 amide bonds. The maximum Gasteiger partial charge on any atom is 0.137 e. The fourth-order valence-corrected chi connectivity index (χ4v) is 8.95. The van der Waals surface area contributed by atoms with Crippen molar-refractivity contribution in [2.75, 3.05) is 13.2 Å². The van der Waals surface area contributed by atoms with Gasteiger partial charge in [-0.25, -0.2) is 18.7 Å². The zero-order valence-electron chi connectivity index (χ0n) is 41.1. The quantitative estimate of drug-likeness (QED) is 0.0436. The summed E-state index contributed by atoms with van der Waals surface area (Å²) >= 11 is 0. The topological polar surface area (TPSA) is 70.5 Å². The van der Waals surface area contributed by atoms with Crippen molar-refractivity contribution in [3.8, 4) is 68.0 Å². The number of nitrogens with zero attached hydrogens (tertiary/aromatic N) is 2. The number of halogens is 2. The summed E-state index contributed by atoms with van der Waals surface area (Å²) in [6.07, 6.45) is 25.6. The molecule has 68 heavy (non-hydrogen) atoms. The molecule has 4 aromatic carbocycles. The first-order valence-electron chi connectivity index (χ1n) is 25.8. The highest BCUT2D eigenvalue weighted by molar-refractivity contribution is 6.01. The van der Waals surface area contributed by atoms with Crippen LogP contribution in [0.1, 0.15) is 154 Å². The third kappa shape index (κ3) is 13.9. The molecule has 0 radical (unpaired) electrons. The molecule has 7 aromatic rings. The van der Waals surface area contributed by atoms with Crippen molar-refractivity contribution in [3.05, 3.63) is 120 Å². The van der Waals surface area contributed by atoms with Gasteiger partial charge in [-0.2, -0.15) is 0 Å². The maximum absolute atomic E-state index is 15.2. The van der Waals surface area contributed by atoms with Crippen molar-refractivity contribution < 1.29 is 27.1 Å². The molecule has 0 saturated heterocycles. The third-order valence-corrected chi connectivity index (χ3v) is 13.0. The highest BCUT2D eigenvalue weighted by Gasteiger charge is 2.22. The van der Waals surface area contributed by atoms with Crippen molar-refractivity contribution in [3.63, 3.8) is 0 Å². The number of hydrogen-bond donors (Lipinski definition) is 0. The molecule has 0 N–H and O–H groups in total. The van der Waals surface area contributed by atoms with Crippen LogP contribution in [0.15, 0.2) is 106 Å². The van der Waals surface area contributed by atoms with Gasteiger partial charge in [-0.15, -0.1) is 0 Å². The van der Waals surface area contributed by atoms with Crippen molar-refractivity contribution in [1.29, 1.82) is 0 Å². The Morgan fingerprint density at radius 3 is 1.24 bits per heavy atom. The number of benzene rings is 4. The molecule has 0 unspecified atom stereocenters. The molecule has 8 heteroatoms. The summed E-state index contributed by atoms with van der Waals surface area (Å²) in [6.45, 7) is 9.34. The van der Waals surface area contributed by atoms with E-state index in [1.165, 1.54) is 135 Å². The first-order chi connectivity index (χ1) is 33.3. The lowest BCUT2D eigenvalue weighted by Gasteiger charge is -2.15. The number of fused-ring (bicyclic) bond motifs is 1. The summed E-state index contributed by atoms with van der Waals surface area (Å²) in [5, 5.41) is 0. The van der Waals surface area contributed by atoms with Gasteiger partial charge in [0.25, 0.3) is 0 Å². The molecule has 6 nitrogen and oxygen atoms in total. The Bertz CT molecular complexity index is 2610. The Kier molecular flexibility index (Phi) is 19.3. The second-order valence-electron chi connectivity index (χ2n) is 18.5. The molecule has 3 heterocycles. The Morgan fingerprint density at radius 2 is 0.809 bits per heavy atom. The van der Waals surface area contributed by atoms with Gasteiger partial charge in [0.2, 0.25) is 0 Å². The monoisotopic (exact) mass is 923 g/mol. The van der Waals surface area contributed by atoms with E-state index in [0.717, 1.165) is 46.8 Å². The lowest BCUT2D eigenvalue weighted by atomic mass is 10.00. The minimum Gasteiger partial charge on any atom is -0.494 e. The fraction of sp³-hybridized carbons (Fsp3) is 0.433. The lowest BCUT2D eigenvalue weighted by molar-refractivity contribution is 0.304. The van der Waals surface area contributed by atoms with E-state index in [1.807, 2.05) is 79.7 Å². The van der Waals surface area contributed by atoms with Gasteiger partial charge in [-0.3, -0.25) is 0 Å². The minimum absolute atomic E-state index is 0.0480. The van der Waals surface area contributed by atoms with Gasteiger partial charge < -0.3 is 18.3 Å². The van der Waals surface area contributed by atoms with E-state index in [-0.39, 0.29) is 16.9 Å². The molecule has 0 fully saturated rings. The summed E-state index contributed by atoms with van der Waals surface area (Å²) in [5.74, 6) is 2.65. The molecule has 0 aliphatic heterocycles. The second-order valence-corrected chi connectivity index (χ2v) is 18.5. The smallest absolute Gasteiger partial charge is 0.137 e. The summed E-state index contributed by atoms with van der Waals surface area (Å²) < 4.78 is 54.9. The number of hydrogen-bond acceptors (Lipinski definition) is 6. The predicted molar refractivity (Wildman–Crippen MR) is 275 cm³/mol. The van der Waals surface area contributed by atoms with E-state index >= 15 is 4.39 Å². The van der Waals surface area contributed by atoms with E-state index in [4.69, 9.17) is 28.3 Å². The molecule has 0 aliphatic carbocycles. The van der Waals surface area contributed by atoms with Crippen LogP contribution in [0.5, 0.6) is 11.5 Å². The second kappa shape index (κ2) is 26.1. The first-order valence-corrected chi connectivity index (χ1v) is 25.8. The van der Waals surface area contributed by atoms with Crippen LogP contribution in [0.25, 0.3) is 67.5 Å². The van der Waals surface area contributed by atoms with Crippen molar-refractivity contribution >= 4 is 11.0 Å². The van der Waals surface area contributed by atoms with Gasteiger partial charge in [-0.1, -0.05) is 129 Å². The largest absolute Gasteiger partial charge is 0.494 e. The Morgan fingerprint density at radius 1 is 0.412 bits per heavy atom. The number of aromatic nitrogens is 2. The van der Waals surface area contributed by atoms with Crippen molar-refractivity contribution in [1.82, 2.24) is 9.97 Å². The van der Waals surface area contributed by atoms with Crippen LogP contribution in [0.3, 0.4) is 0 Å². The molecule has 0 saturated carbocycles. The number of rotatable bonds is 29. The van der Waals surface area contributed by atoms with Crippen LogP contribution in [0, 0.1) is 25.5 Å². The summed E-state index contributed by atoms with van der Waals surface area (Å²) in [4.78, 5) is 10.9. The number of ether oxygens (including phenoxy) is 2. The Balaban J connectivity index is 1.15. The number of furan rings is 2. The highest BCUT2D eigenvalue weighted by atomic mass is 19.1. The molecule has 0 bridgehead atoms.